The van der Waals surface area contributed by atoms with E-state index in [2.05, 4.69) is 18.8 Å². The van der Waals surface area contributed by atoms with Crippen molar-refractivity contribution < 1.29 is 19.0 Å². The number of allylic oxidation sites excluding steroid dienone is 1. The molecule has 0 bridgehead atoms. The van der Waals surface area contributed by atoms with Crippen LogP contribution in [0.5, 0.6) is 11.5 Å². The first-order valence-corrected chi connectivity index (χ1v) is 13.6. The summed E-state index contributed by atoms with van der Waals surface area (Å²) in [6.45, 7) is 8.71. The van der Waals surface area contributed by atoms with Crippen LogP contribution in [0.3, 0.4) is 0 Å². The highest BCUT2D eigenvalue weighted by molar-refractivity contribution is 7.10. The van der Waals surface area contributed by atoms with Crippen molar-refractivity contribution in [3.63, 3.8) is 0 Å². The molecule has 1 aliphatic heterocycles. The lowest BCUT2D eigenvalue weighted by atomic mass is 10.0. The third-order valence-corrected chi connectivity index (χ3v) is 7.68. The Bertz CT molecular complexity index is 1450. The average Bonchev–Trinajstić information content (AvgIpc) is 3.47. The van der Waals surface area contributed by atoms with Gasteiger partial charge >= 0.3 is 5.97 Å². The van der Waals surface area contributed by atoms with Crippen LogP contribution in [0.15, 0.2) is 56.8 Å². The molecule has 0 saturated carbocycles. The molecule has 3 heterocycles. The summed E-state index contributed by atoms with van der Waals surface area (Å²) in [4.78, 5) is 32.5. The third-order valence-electron chi connectivity index (χ3n) is 5.77. The molecule has 1 atom stereocenters. The van der Waals surface area contributed by atoms with E-state index in [1.165, 1.54) is 22.7 Å². The third kappa shape index (κ3) is 5.32. The van der Waals surface area contributed by atoms with Gasteiger partial charge in [0.1, 0.15) is 6.04 Å². The number of benzene rings is 1. The standard InChI is InChI=1S/C27H30N2O5S2/c1-6-33-26(31)23-17(4)28-27-29(24(23)21-8-7-13-35-21)25(30)22(36-27)15-18-9-10-19(20(14-18)32-5)34-12-11-16(2)3/h7-10,13-16,24H,6,11-12H2,1-5H3/b22-15+. The number of carbonyl (C=O) groups excluding carboxylic acids is 1. The minimum atomic E-state index is -0.575. The van der Waals surface area contributed by atoms with Crippen LogP contribution >= 0.6 is 22.7 Å². The topological polar surface area (TPSA) is 79.1 Å². The molecule has 0 N–H and O–H groups in total. The average molecular weight is 527 g/mol. The number of carbonyl (C=O) groups is 1. The van der Waals surface area contributed by atoms with Crippen LogP contribution in [0.1, 0.15) is 50.6 Å². The quantitative estimate of drug-likeness (QED) is 0.389. The van der Waals surface area contributed by atoms with E-state index in [1.807, 2.05) is 41.8 Å². The van der Waals surface area contributed by atoms with Crippen molar-refractivity contribution >= 4 is 34.7 Å². The van der Waals surface area contributed by atoms with Crippen LogP contribution in [-0.2, 0) is 9.53 Å². The molecule has 4 rings (SSSR count). The fraction of sp³-hybridized carbons (Fsp3) is 0.370. The first-order valence-electron chi connectivity index (χ1n) is 11.9. The lowest BCUT2D eigenvalue weighted by Gasteiger charge is -2.23. The molecule has 36 heavy (non-hydrogen) atoms. The Kier molecular flexibility index (Phi) is 8.11. The van der Waals surface area contributed by atoms with Gasteiger partial charge in [-0.3, -0.25) is 9.36 Å². The first-order chi connectivity index (χ1) is 17.3. The second-order valence-electron chi connectivity index (χ2n) is 8.76. The second kappa shape index (κ2) is 11.3. The largest absolute Gasteiger partial charge is 0.493 e. The Morgan fingerprint density at radius 1 is 1.25 bits per heavy atom. The van der Waals surface area contributed by atoms with E-state index in [4.69, 9.17) is 14.2 Å². The summed E-state index contributed by atoms with van der Waals surface area (Å²) in [5, 5.41) is 1.93. The van der Waals surface area contributed by atoms with Gasteiger partial charge in [-0.2, -0.15) is 0 Å². The van der Waals surface area contributed by atoms with Gasteiger partial charge in [0.05, 0.1) is 36.1 Å². The second-order valence-corrected chi connectivity index (χ2v) is 10.7. The van der Waals surface area contributed by atoms with Crippen LogP contribution in [0, 0.1) is 5.92 Å². The Labute approximate surface area is 218 Å². The zero-order valence-corrected chi connectivity index (χ0v) is 22.7. The van der Waals surface area contributed by atoms with Crippen LogP contribution in [0.25, 0.3) is 6.08 Å². The molecule has 1 unspecified atom stereocenters. The maximum absolute atomic E-state index is 13.6. The highest BCUT2D eigenvalue weighted by Gasteiger charge is 2.33. The molecule has 3 aromatic rings. The van der Waals surface area contributed by atoms with Crippen molar-refractivity contribution in [2.75, 3.05) is 20.3 Å². The van der Waals surface area contributed by atoms with Crippen LogP contribution < -0.4 is 24.4 Å². The van der Waals surface area contributed by atoms with Crippen molar-refractivity contribution in [2.24, 2.45) is 10.9 Å². The number of esters is 1. The Hall–Kier alpha value is -3.17. The van der Waals surface area contributed by atoms with Crippen LogP contribution in [-0.4, -0.2) is 30.9 Å². The summed E-state index contributed by atoms with van der Waals surface area (Å²) in [5.74, 6) is 1.37. The summed E-state index contributed by atoms with van der Waals surface area (Å²) < 4.78 is 18.9. The predicted octanol–water partition coefficient (Wildman–Crippen LogP) is 4.29. The Morgan fingerprint density at radius 2 is 2.06 bits per heavy atom. The number of thiophene rings is 1. The lowest BCUT2D eigenvalue weighted by Crippen LogP contribution is -2.39. The van der Waals surface area contributed by atoms with E-state index >= 15 is 0 Å². The Balaban J connectivity index is 1.77. The molecular formula is C27H30N2O5S2. The molecule has 0 fully saturated rings. The van der Waals surface area contributed by atoms with Gasteiger partial charge in [0.15, 0.2) is 16.3 Å². The number of fused-ring (bicyclic) bond motifs is 1. The van der Waals surface area contributed by atoms with Gasteiger partial charge in [0.25, 0.3) is 5.56 Å². The van der Waals surface area contributed by atoms with E-state index in [-0.39, 0.29) is 12.2 Å². The molecule has 7 nitrogen and oxygen atoms in total. The van der Waals surface area contributed by atoms with Gasteiger partial charge in [0.2, 0.25) is 0 Å². The van der Waals surface area contributed by atoms with Crippen molar-refractivity contribution in [3.8, 4) is 11.5 Å². The van der Waals surface area contributed by atoms with E-state index in [9.17, 15) is 9.59 Å². The zero-order valence-electron chi connectivity index (χ0n) is 21.1. The molecular weight excluding hydrogens is 496 g/mol. The van der Waals surface area contributed by atoms with Crippen LogP contribution in [0.4, 0.5) is 0 Å². The number of aromatic nitrogens is 1. The summed E-state index contributed by atoms with van der Waals surface area (Å²) in [7, 11) is 1.60. The van der Waals surface area contributed by atoms with E-state index in [1.54, 1.807) is 25.5 Å². The fourth-order valence-corrected chi connectivity index (χ4v) is 5.83. The molecule has 0 radical (unpaired) electrons. The van der Waals surface area contributed by atoms with E-state index in [0.717, 1.165) is 16.9 Å². The summed E-state index contributed by atoms with van der Waals surface area (Å²) in [5.41, 5.74) is 1.55. The molecule has 0 amide bonds. The molecule has 1 aliphatic rings. The maximum atomic E-state index is 13.6. The molecule has 9 heteroatoms. The predicted molar refractivity (Wildman–Crippen MR) is 143 cm³/mol. The van der Waals surface area contributed by atoms with Gasteiger partial charge < -0.3 is 14.2 Å². The molecule has 0 saturated heterocycles. The number of hydrogen-bond acceptors (Lipinski definition) is 8. The molecule has 2 aromatic heterocycles. The minimum Gasteiger partial charge on any atom is -0.493 e. The Morgan fingerprint density at radius 3 is 2.72 bits per heavy atom. The van der Waals surface area contributed by atoms with Crippen molar-refractivity contribution in [1.82, 2.24) is 4.57 Å². The van der Waals surface area contributed by atoms with Crippen molar-refractivity contribution in [2.45, 2.75) is 40.2 Å². The highest BCUT2D eigenvalue weighted by Crippen LogP contribution is 2.33. The van der Waals surface area contributed by atoms with E-state index < -0.39 is 12.0 Å². The van der Waals surface area contributed by atoms with Gasteiger partial charge in [-0.15, -0.1) is 11.3 Å². The number of hydrogen-bond donors (Lipinski definition) is 0. The van der Waals surface area contributed by atoms with E-state index in [0.29, 0.717) is 44.6 Å². The number of nitrogens with zero attached hydrogens (tertiary/aromatic N) is 2. The maximum Gasteiger partial charge on any atom is 0.338 e. The highest BCUT2D eigenvalue weighted by atomic mass is 32.1. The number of methoxy groups -OCH3 is 1. The fourth-order valence-electron chi connectivity index (χ4n) is 3.96. The summed E-state index contributed by atoms with van der Waals surface area (Å²) in [6, 6.07) is 8.87. The molecule has 1 aromatic carbocycles. The monoisotopic (exact) mass is 526 g/mol. The van der Waals surface area contributed by atoms with Crippen LogP contribution in [0.2, 0.25) is 0 Å². The van der Waals surface area contributed by atoms with Crippen molar-refractivity contribution in [3.05, 3.63) is 77.1 Å². The normalized spacial score (nSPS) is 15.6. The van der Waals surface area contributed by atoms with Crippen molar-refractivity contribution in [1.29, 1.82) is 0 Å². The summed E-state index contributed by atoms with van der Waals surface area (Å²) in [6.07, 6.45) is 2.77. The van der Waals surface area contributed by atoms with Gasteiger partial charge in [-0.05, 0) is 61.4 Å². The molecule has 0 spiro atoms. The van der Waals surface area contributed by atoms with Gasteiger partial charge in [-0.25, -0.2) is 9.79 Å². The zero-order chi connectivity index (χ0) is 25.8. The number of rotatable bonds is 9. The smallest absolute Gasteiger partial charge is 0.338 e. The first kappa shape index (κ1) is 25.9. The molecule has 190 valence electrons. The minimum absolute atomic E-state index is 0.206. The number of ether oxygens (including phenoxy) is 3. The molecule has 0 aliphatic carbocycles. The van der Waals surface area contributed by atoms with Gasteiger partial charge in [0, 0.05) is 4.88 Å². The lowest BCUT2D eigenvalue weighted by molar-refractivity contribution is -0.139. The number of thiazole rings is 1. The SMILES string of the molecule is CCOC(=O)C1=C(C)N=c2s/c(=C/c3ccc(OCCC(C)C)c(OC)c3)c(=O)n2C1c1cccs1. The van der Waals surface area contributed by atoms with Gasteiger partial charge in [-0.1, -0.05) is 37.3 Å². The summed E-state index contributed by atoms with van der Waals surface area (Å²) >= 11 is 2.79.